The standard InChI is InChI=1S/C12H17N3O4/c1-18-8-3-4-9(10(7-8)19-2)12(16)14-6-5-11(13)15-17/h3-4,7,17H,5-6H2,1-2H3,(H2,13,15)(H,14,16). The first-order chi connectivity index (χ1) is 9.12. The second kappa shape index (κ2) is 7.10. The van der Waals surface area contributed by atoms with E-state index in [2.05, 4.69) is 10.5 Å². The van der Waals surface area contributed by atoms with Gasteiger partial charge in [-0.25, -0.2) is 0 Å². The number of amidine groups is 1. The molecule has 0 bridgehead atoms. The molecule has 0 fully saturated rings. The van der Waals surface area contributed by atoms with Crippen LogP contribution in [0, 0.1) is 0 Å². The van der Waals surface area contributed by atoms with Crippen LogP contribution < -0.4 is 20.5 Å². The molecule has 104 valence electrons. The number of oxime groups is 1. The Kier molecular flexibility index (Phi) is 5.46. The van der Waals surface area contributed by atoms with E-state index in [9.17, 15) is 4.79 Å². The van der Waals surface area contributed by atoms with Crippen molar-refractivity contribution in [2.24, 2.45) is 10.9 Å². The molecule has 7 nitrogen and oxygen atoms in total. The van der Waals surface area contributed by atoms with E-state index in [1.54, 1.807) is 18.2 Å². The van der Waals surface area contributed by atoms with E-state index in [4.69, 9.17) is 20.4 Å². The first-order valence-corrected chi connectivity index (χ1v) is 5.59. The van der Waals surface area contributed by atoms with Gasteiger partial charge in [-0.2, -0.15) is 0 Å². The predicted molar refractivity (Wildman–Crippen MR) is 69.9 cm³/mol. The molecule has 1 amide bonds. The fourth-order valence-corrected chi connectivity index (χ4v) is 1.44. The van der Waals surface area contributed by atoms with Gasteiger partial charge in [0.2, 0.25) is 0 Å². The fraction of sp³-hybridized carbons (Fsp3) is 0.333. The number of nitrogens with zero attached hydrogens (tertiary/aromatic N) is 1. The Morgan fingerprint density at radius 2 is 2.16 bits per heavy atom. The van der Waals surface area contributed by atoms with Crippen molar-refractivity contribution < 1.29 is 19.5 Å². The largest absolute Gasteiger partial charge is 0.497 e. The Morgan fingerprint density at radius 3 is 2.74 bits per heavy atom. The lowest BCUT2D eigenvalue weighted by molar-refractivity contribution is 0.0951. The molecule has 0 aliphatic rings. The van der Waals surface area contributed by atoms with E-state index >= 15 is 0 Å². The highest BCUT2D eigenvalue weighted by Gasteiger charge is 2.12. The highest BCUT2D eigenvalue weighted by Crippen LogP contribution is 2.24. The van der Waals surface area contributed by atoms with Crippen molar-refractivity contribution in [2.75, 3.05) is 20.8 Å². The van der Waals surface area contributed by atoms with Crippen LogP contribution in [-0.2, 0) is 0 Å². The van der Waals surface area contributed by atoms with Gasteiger partial charge >= 0.3 is 0 Å². The molecule has 7 heteroatoms. The third-order valence-corrected chi connectivity index (χ3v) is 2.45. The van der Waals surface area contributed by atoms with Crippen LogP contribution in [0.15, 0.2) is 23.4 Å². The molecule has 0 aliphatic heterocycles. The van der Waals surface area contributed by atoms with Crippen LogP contribution >= 0.6 is 0 Å². The van der Waals surface area contributed by atoms with Gasteiger partial charge in [0.1, 0.15) is 17.3 Å². The van der Waals surface area contributed by atoms with E-state index in [0.717, 1.165) is 0 Å². The Morgan fingerprint density at radius 1 is 1.42 bits per heavy atom. The summed E-state index contributed by atoms with van der Waals surface area (Å²) in [6, 6.07) is 4.90. The van der Waals surface area contributed by atoms with E-state index < -0.39 is 0 Å². The third kappa shape index (κ3) is 4.06. The number of rotatable bonds is 6. The molecule has 0 atom stereocenters. The minimum absolute atomic E-state index is 0.0574. The minimum Gasteiger partial charge on any atom is -0.497 e. The van der Waals surface area contributed by atoms with Crippen molar-refractivity contribution in [1.82, 2.24) is 5.32 Å². The summed E-state index contributed by atoms with van der Waals surface area (Å²) in [5, 5.41) is 13.8. The number of ether oxygens (including phenoxy) is 2. The Hall–Kier alpha value is -2.44. The molecule has 0 unspecified atom stereocenters. The quantitative estimate of drug-likeness (QED) is 0.302. The number of hydrogen-bond acceptors (Lipinski definition) is 5. The molecule has 0 aliphatic carbocycles. The summed E-state index contributed by atoms with van der Waals surface area (Å²) in [6.45, 7) is 0.268. The van der Waals surface area contributed by atoms with Crippen molar-refractivity contribution in [3.8, 4) is 11.5 Å². The molecule has 1 aromatic rings. The monoisotopic (exact) mass is 267 g/mol. The van der Waals surface area contributed by atoms with Gasteiger partial charge in [0.15, 0.2) is 0 Å². The lowest BCUT2D eigenvalue weighted by Crippen LogP contribution is -2.28. The molecule has 1 rings (SSSR count). The minimum atomic E-state index is -0.301. The number of amides is 1. The van der Waals surface area contributed by atoms with Crippen LogP contribution in [-0.4, -0.2) is 37.7 Å². The maximum absolute atomic E-state index is 11.9. The maximum Gasteiger partial charge on any atom is 0.255 e. The fourth-order valence-electron chi connectivity index (χ4n) is 1.44. The van der Waals surface area contributed by atoms with Gasteiger partial charge in [0.05, 0.1) is 19.8 Å². The molecule has 0 saturated heterocycles. The van der Waals surface area contributed by atoms with Gasteiger partial charge in [-0.15, -0.1) is 0 Å². The smallest absolute Gasteiger partial charge is 0.255 e. The second-order valence-corrected chi connectivity index (χ2v) is 3.66. The summed E-state index contributed by atoms with van der Waals surface area (Å²) < 4.78 is 10.2. The van der Waals surface area contributed by atoms with E-state index in [0.29, 0.717) is 17.1 Å². The lowest BCUT2D eigenvalue weighted by atomic mass is 10.1. The zero-order valence-electron chi connectivity index (χ0n) is 10.8. The zero-order chi connectivity index (χ0) is 14.3. The first-order valence-electron chi connectivity index (χ1n) is 5.59. The van der Waals surface area contributed by atoms with Gasteiger partial charge in [-0.05, 0) is 12.1 Å². The summed E-state index contributed by atoms with van der Waals surface area (Å²) in [4.78, 5) is 11.9. The van der Waals surface area contributed by atoms with Crippen LogP contribution in [0.4, 0.5) is 0 Å². The molecule has 0 aromatic heterocycles. The van der Waals surface area contributed by atoms with Gasteiger partial charge in [-0.1, -0.05) is 5.16 Å². The number of hydrogen-bond donors (Lipinski definition) is 3. The van der Waals surface area contributed by atoms with Crippen LogP contribution in [0.2, 0.25) is 0 Å². The summed E-state index contributed by atoms with van der Waals surface area (Å²) in [5.74, 6) is 0.776. The summed E-state index contributed by atoms with van der Waals surface area (Å²) in [7, 11) is 3.01. The second-order valence-electron chi connectivity index (χ2n) is 3.66. The normalized spacial score (nSPS) is 10.9. The summed E-state index contributed by atoms with van der Waals surface area (Å²) in [6.07, 6.45) is 0.265. The third-order valence-electron chi connectivity index (χ3n) is 2.45. The van der Waals surface area contributed by atoms with Crippen LogP contribution in [0.1, 0.15) is 16.8 Å². The highest BCUT2D eigenvalue weighted by molar-refractivity contribution is 5.97. The SMILES string of the molecule is COc1ccc(C(=O)NCCC(N)=NO)c(OC)c1. The molecule has 0 saturated carbocycles. The summed E-state index contributed by atoms with van der Waals surface area (Å²) >= 11 is 0. The van der Waals surface area contributed by atoms with Gasteiger partial charge < -0.3 is 25.7 Å². The highest BCUT2D eigenvalue weighted by atomic mass is 16.5. The molecule has 0 heterocycles. The molecular formula is C12H17N3O4. The summed E-state index contributed by atoms with van der Waals surface area (Å²) in [5.41, 5.74) is 5.69. The predicted octanol–water partition coefficient (Wildman–Crippen LogP) is 0.570. The van der Waals surface area contributed by atoms with Gasteiger partial charge in [0.25, 0.3) is 5.91 Å². The maximum atomic E-state index is 11.9. The van der Waals surface area contributed by atoms with Crippen LogP contribution in [0.25, 0.3) is 0 Å². The van der Waals surface area contributed by atoms with Crippen molar-refractivity contribution in [3.05, 3.63) is 23.8 Å². The van der Waals surface area contributed by atoms with E-state index in [1.807, 2.05) is 0 Å². The van der Waals surface area contributed by atoms with Crippen molar-refractivity contribution in [2.45, 2.75) is 6.42 Å². The van der Waals surface area contributed by atoms with Crippen molar-refractivity contribution in [3.63, 3.8) is 0 Å². The number of benzene rings is 1. The molecule has 0 radical (unpaired) electrons. The lowest BCUT2D eigenvalue weighted by Gasteiger charge is -2.10. The van der Waals surface area contributed by atoms with Gasteiger partial charge in [-0.3, -0.25) is 4.79 Å². The molecule has 4 N–H and O–H groups in total. The van der Waals surface area contributed by atoms with Crippen LogP contribution in [0.5, 0.6) is 11.5 Å². The number of nitrogens with one attached hydrogen (secondary N) is 1. The number of carbonyl (C=O) groups excluding carboxylic acids is 1. The Bertz CT molecular complexity index is 474. The molecule has 0 spiro atoms. The Labute approximate surface area is 111 Å². The van der Waals surface area contributed by atoms with Crippen molar-refractivity contribution in [1.29, 1.82) is 0 Å². The van der Waals surface area contributed by atoms with Gasteiger partial charge in [0, 0.05) is 19.0 Å². The van der Waals surface area contributed by atoms with Crippen LogP contribution in [0.3, 0.4) is 0 Å². The molecular weight excluding hydrogens is 250 g/mol. The van der Waals surface area contributed by atoms with E-state index in [1.165, 1.54) is 14.2 Å². The Balaban J connectivity index is 2.71. The number of nitrogens with two attached hydrogens (primary N) is 1. The van der Waals surface area contributed by atoms with Crippen molar-refractivity contribution >= 4 is 11.7 Å². The average Bonchev–Trinajstić information content (AvgIpc) is 2.45. The molecule has 19 heavy (non-hydrogen) atoms. The number of methoxy groups -OCH3 is 2. The molecule has 1 aromatic carbocycles. The van der Waals surface area contributed by atoms with E-state index in [-0.39, 0.29) is 24.7 Å². The first kappa shape index (κ1) is 14.6. The number of carbonyl (C=O) groups is 1. The average molecular weight is 267 g/mol. The zero-order valence-corrected chi connectivity index (χ0v) is 10.8. The topological polar surface area (TPSA) is 106 Å².